The number of fused-ring (bicyclic) bond motifs is 1. The number of imide groups is 1. The zero-order valence-corrected chi connectivity index (χ0v) is 16.1. The quantitative estimate of drug-likeness (QED) is 0.723. The molecule has 26 heavy (non-hydrogen) atoms. The summed E-state index contributed by atoms with van der Waals surface area (Å²) in [4.78, 5) is 33.4. The van der Waals surface area contributed by atoms with Gasteiger partial charge in [0.15, 0.2) is 0 Å². The zero-order chi connectivity index (χ0) is 18.5. The fraction of sp³-hybridized carbons (Fsp3) is 0.316. The van der Waals surface area contributed by atoms with E-state index in [1.54, 1.807) is 25.3 Å². The van der Waals surface area contributed by atoms with Gasteiger partial charge in [0.1, 0.15) is 11.3 Å². The monoisotopic (exact) mass is 415 g/mol. The van der Waals surface area contributed by atoms with Crippen molar-refractivity contribution < 1.29 is 14.3 Å². The van der Waals surface area contributed by atoms with Crippen molar-refractivity contribution in [1.29, 1.82) is 0 Å². The highest BCUT2D eigenvalue weighted by atomic mass is 79.9. The molecule has 2 aliphatic rings. The lowest BCUT2D eigenvalue weighted by Crippen LogP contribution is -2.48. The molecule has 134 valence electrons. The van der Waals surface area contributed by atoms with Crippen molar-refractivity contribution in [3.05, 3.63) is 57.8 Å². The molecule has 0 N–H and O–H groups in total. The van der Waals surface area contributed by atoms with Gasteiger partial charge in [0.25, 0.3) is 5.91 Å². The van der Waals surface area contributed by atoms with Crippen LogP contribution in [0.4, 0.5) is 4.79 Å². The molecule has 6 nitrogen and oxygen atoms in total. The lowest BCUT2D eigenvalue weighted by molar-refractivity contribution is -0.133. The smallest absolute Gasteiger partial charge is 0.327 e. The standard InChI is InChI=1S/C19H18BrN3O3/c1-22-18(25)23(11-12-3-5-15(26-2)6-4-12)17(24)19(22)8-13-7-14(20)10-21-16(13)9-19/h3-7,10H,8-9,11H2,1-2H3. The Morgan fingerprint density at radius 2 is 1.96 bits per heavy atom. The predicted molar refractivity (Wildman–Crippen MR) is 98.8 cm³/mol. The Morgan fingerprint density at radius 3 is 2.65 bits per heavy atom. The number of benzene rings is 1. The van der Waals surface area contributed by atoms with Gasteiger partial charge in [0.2, 0.25) is 0 Å². The van der Waals surface area contributed by atoms with Gasteiger partial charge in [-0.25, -0.2) is 4.79 Å². The molecule has 7 heteroatoms. The minimum atomic E-state index is -0.861. The van der Waals surface area contributed by atoms with Crippen LogP contribution in [0.1, 0.15) is 16.8 Å². The summed E-state index contributed by atoms with van der Waals surface area (Å²) in [5, 5.41) is 0. The molecule has 0 saturated carbocycles. The van der Waals surface area contributed by atoms with Crippen molar-refractivity contribution >= 4 is 27.9 Å². The lowest BCUT2D eigenvalue weighted by Gasteiger charge is -2.27. The summed E-state index contributed by atoms with van der Waals surface area (Å²) in [6.07, 6.45) is 2.68. The second kappa shape index (κ2) is 6.09. The van der Waals surface area contributed by atoms with E-state index in [4.69, 9.17) is 4.74 Å². The first-order chi connectivity index (χ1) is 12.4. The van der Waals surface area contributed by atoms with Crippen LogP contribution in [0.5, 0.6) is 5.75 Å². The summed E-state index contributed by atoms with van der Waals surface area (Å²) in [6, 6.07) is 9.10. The number of rotatable bonds is 3. The van der Waals surface area contributed by atoms with E-state index in [1.165, 1.54) is 4.90 Å². The van der Waals surface area contributed by atoms with Crippen LogP contribution in [-0.2, 0) is 24.2 Å². The summed E-state index contributed by atoms with van der Waals surface area (Å²) in [5.74, 6) is 0.583. The molecule has 1 aliphatic carbocycles. The Morgan fingerprint density at radius 1 is 1.23 bits per heavy atom. The van der Waals surface area contributed by atoms with E-state index in [9.17, 15) is 9.59 Å². The number of carbonyl (C=O) groups excluding carboxylic acids is 2. The van der Waals surface area contributed by atoms with E-state index in [-0.39, 0.29) is 18.5 Å². The Labute approximate surface area is 159 Å². The van der Waals surface area contributed by atoms with Crippen LogP contribution in [0.2, 0.25) is 0 Å². The number of nitrogens with zero attached hydrogens (tertiary/aromatic N) is 3. The number of pyridine rings is 1. The predicted octanol–water partition coefficient (Wildman–Crippen LogP) is 2.78. The second-order valence-corrected chi connectivity index (χ2v) is 7.64. The van der Waals surface area contributed by atoms with Crippen molar-refractivity contribution in [2.24, 2.45) is 0 Å². The number of hydrogen-bond acceptors (Lipinski definition) is 4. The van der Waals surface area contributed by atoms with E-state index in [0.717, 1.165) is 27.0 Å². The van der Waals surface area contributed by atoms with Crippen molar-refractivity contribution in [2.45, 2.75) is 24.9 Å². The van der Waals surface area contributed by atoms with Crippen LogP contribution in [0.15, 0.2) is 41.0 Å². The molecular weight excluding hydrogens is 398 g/mol. The van der Waals surface area contributed by atoms with Crippen LogP contribution in [-0.4, -0.2) is 46.4 Å². The fourth-order valence-corrected chi connectivity index (χ4v) is 4.14. The average molecular weight is 416 g/mol. The molecule has 1 atom stereocenters. The third-order valence-electron chi connectivity index (χ3n) is 5.27. The molecule has 0 bridgehead atoms. The van der Waals surface area contributed by atoms with Gasteiger partial charge in [0, 0.05) is 36.3 Å². The van der Waals surface area contributed by atoms with Crippen molar-refractivity contribution in [2.75, 3.05) is 14.2 Å². The van der Waals surface area contributed by atoms with Crippen molar-refractivity contribution in [1.82, 2.24) is 14.8 Å². The van der Waals surface area contributed by atoms with E-state index < -0.39 is 5.54 Å². The number of halogens is 1. The van der Waals surface area contributed by atoms with Crippen LogP contribution >= 0.6 is 15.9 Å². The van der Waals surface area contributed by atoms with Crippen LogP contribution in [0.25, 0.3) is 0 Å². The maximum absolute atomic E-state index is 13.2. The molecule has 1 spiro atoms. The van der Waals surface area contributed by atoms with Gasteiger partial charge >= 0.3 is 6.03 Å². The molecule has 3 amide bonds. The highest BCUT2D eigenvalue weighted by Gasteiger charge is 2.58. The molecule has 1 saturated heterocycles. The molecule has 2 heterocycles. The number of ether oxygens (including phenoxy) is 1. The highest BCUT2D eigenvalue weighted by Crippen LogP contribution is 2.40. The molecule has 0 radical (unpaired) electrons. The van der Waals surface area contributed by atoms with E-state index in [1.807, 2.05) is 30.3 Å². The first kappa shape index (κ1) is 17.0. The van der Waals surface area contributed by atoms with Gasteiger partial charge < -0.3 is 9.64 Å². The molecule has 1 fully saturated rings. The molecule has 1 aromatic carbocycles. The molecule has 1 aromatic heterocycles. The van der Waals surface area contributed by atoms with Crippen molar-refractivity contribution in [3.63, 3.8) is 0 Å². The number of hydrogen-bond donors (Lipinski definition) is 0. The maximum atomic E-state index is 13.2. The van der Waals surface area contributed by atoms with Crippen molar-refractivity contribution in [3.8, 4) is 5.75 Å². The van der Waals surface area contributed by atoms with Gasteiger partial charge in [-0.2, -0.15) is 0 Å². The van der Waals surface area contributed by atoms with E-state index >= 15 is 0 Å². The SMILES string of the molecule is COc1ccc(CN2C(=O)N(C)C3(Cc4cc(Br)cnc4C3)C2=O)cc1. The molecular formula is C19H18BrN3O3. The van der Waals surface area contributed by atoms with Crippen LogP contribution in [0, 0.1) is 0 Å². The molecule has 2 aromatic rings. The number of aromatic nitrogens is 1. The Hall–Kier alpha value is -2.41. The van der Waals surface area contributed by atoms with Crippen LogP contribution < -0.4 is 4.74 Å². The Balaban J connectivity index is 1.61. The van der Waals surface area contributed by atoms with Gasteiger partial charge in [-0.15, -0.1) is 0 Å². The number of amides is 3. The second-order valence-electron chi connectivity index (χ2n) is 6.73. The first-order valence-electron chi connectivity index (χ1n) is 8.30. The normalized spacial score (nSPS) is 21.7. The van der Waals surface area contributed by atoms with Gasteiger partial charge in [-0.1, -0.05) is 12.1 Å². The van der Waals surface area contributed by atoms with E-state index in [0.29, 0.717) is 12.8 Å². The number of carbonyl (C=O) groups is 2. The number of methoxy groups -OCH3 is 1. The van der Waals surface area contributed by atoms with Gasteiger partial charge in [0.05, 0.1) is 13.7 Å². The molecule has 1 unspecified atom stereocenters. The molecule has 4 rings (SSSR count). The largest absolute Gasteiger partial charge is 0.497 e. The third-order valence-corrected chi connectivity index (χ3v) is 5.71. The minimum Gasteiger partial charge on any atom is -0.497 e. The summed E-state index contributed by atoms with van der Waals surface area (Å²) >= 11 is 3.42. The maximum Gasteiger partial charge on any atom is 0.327 e. The average Bonchev–Trinajstić information content (AvgIpc) is 3.10. The summed E-state index contributed by atoms with van der Waals surface area (Å²) in [7, 11) is 3.31. The Bertz CT molecular complexity index is 899. The van der Waals surface area contributed by atoms with Gasteiger partial charge in [-0.3, -0.25) is 14.7 Å². The highest BCUT2D eigenvalue weighted by molar-refractivity contribution is 9.10. The summed E-state index contributed by atoms with van der Waals surface area (Å²) in [5.41, 5.74) is 1.92. The zero-order valence-electron chi connectivity index (χ0n) is 14.5. The summed E-state index contributed by atoms with van der Waals surface area (Å²) < 4.78 is 6.03. The third kappa shape index (κ3) is 2.49. The van der Waals surface area contributed by atoms with Gasteiger partial charge in [-0.05, 0) is 45.3 Å². The van der Waals surface area contributed by atoms with E-state index in [2.05, 4.69) is 20.9 Å². The fourth-order valence-electron chi connectivity index (χ4n) is 3.76. The number of likely N-dealkylation sites (N-methyl/N-ethyl adjacent to an activating group) is 1. The lowest BCUT2D eigenvalue weighted by atomic mass is 9.94. The minimum absolute atomic E-state index is 0.157. The first-order valence-corrected chi connectivity index (χ1v) is 9.10. The summed E-state index contributed by atoms with van der Waals surface area (Å²) in [6.45, 7) is 0.251. The topological polar surface area (TPSA) is 62.7 Å². The van der Waals surface area contributed by atoms with Crippen LogP contribution in [0.3, 0.4) is 0 Å². The Kier molecular flexibility index (Phi) is 3.99. The number of urea groups is 1. The molecule has 1 aliphatic heterocycles.